The zero-order chi connectivity index (χ0) is 29.5. The average molecular weight is 573 g/mol. The van der Waals surface area contributed by atoms with Crippen LogP contribution in [0.1, 0.15) is 50.6 Å². The lowest BCUT2D eigenvalue weighted by atomic mass is 10.0. The van der Waals surface area contributed by atoms with E-state index in [-0.39, 0.29) is 17.8 Å². The number of amides is 2. The van der Waals surface area contributed by atoms with Gasteiger partial charge in [-0.2, -0.15) is 4.98 Å². The van der Waals surface area contributed by atoms with E-state index in [1.807, 2.05) is 72.5 Å². The topological polar surface area (TPSA) is 126 Å². The van der Waals surface area contributed by atoms with Crippen LogP contribution in [0.5, 0.6) is 0 Å². The Morgan fingerprint density at radius 1 is 0.953 bits per heavy atom. The van der Waals surface area contributed by atoms with Crippen molar-refractivity contribution in [1.29, 1.82) is 0 Å². The van der Waals surface area contributed by atoms with Gasteiger partial charge in [0.15, 0.2) is 0 Å². The van der Waals surface area contributed by atoms with Crippen molar-refractivity contribution in [3.63, 3.8) is 0 Å². The molecule has 2 aromatic heterocycles. The monoisotopic (exact) mass is 572 g/mol. The molecule has 2 fully saturated rings. The molecule has 0 atom stereocenters. The number of nitrogens with two attached hydrogens (primary N) is 1. The predicted octanol–water partition coefficient (Wildman–Crippen LogP) is 5.78. The summed E-state index contributed by atoms with van der Waals surface area (Å²) in [7, 11) is 0. The highest BCUT2D eigenvalue weighted by Crippen LogP contribution is 2.40. The second-order valence-electron chi connectivity index (χ2n) is 11.2. The summed E-state index contributed by atoms with van der Waals surface area (Å²) >= 11 is 0. The van der Waals surface area contributed by atoms with Crippen LogP contribution in [0, 0.1) is 6.92 Å². The van der Waals surface area contributed by atoms with E-state index in [9.17, 15) is 9.59 Å². The van der Waals surface area contributed by atoms with Crippen molar-refractivity contribution >= 4 is 34.5 Å². The maximum Gasteiger partial charge on any atom is 0.255 e. The molecule has 7 rings (SSSR count). The van der Waals surface area contributed by atoms with E-state index in [1.165, 1.54) is 18.4 Å². The smallest absolute Gasteiger partial charge is 0.255 e. The van der Waals surface area contributed by atoms with Crippen molar-refractivity contribution in [2.24, 2.45) is 0 Å². The fraction of sp³-hybridized carbons (Fsp3) is 0.235. The molecule has 1 aliphatic carbocycles. The quantitative estimate of drug-likeness (QED) is 0.237. The number of hydrogen-bond donors (Lipinski definition) is 3. The summed E-state index contributed by atoms with van der Waals surface area (Å²) in [5, 5.41) is 3.88. The van der Waals surface area contributed by atoms with Crippen molar-refractivity contribution in [3.05, 3.63) is 95.1 Å². The summed E-state index contributed by atoms with van der Waals surface area (Å²) in [4.78, 5) is 40.2. The molecule has 3 heterocycles. The van der Waals surface area contributed by atoms with Crippen molar-refractivity contribution in [2.75, 3.05) is 37.4 Å². The molecule has 0 spiro atoms. The Bertz CT molecular complexity index is 1840. The van der Waals surface area contributed by atoms with E-state index in [2.05, 4.69) is 32.4 Å². The van der Waals surface area contributed by atoms with Crippen LogP contribution in [-0.2, 0) is 4.74 Å². The molecule has 4 N–H and O–H groups in total. The Morgan fingerprint density at radius 2 is 1.67 bits per heavy atom. The van der Waals surface area contributed by atoms with E-state index in [4.69, 9.17) is 10.5 Å². The molecule has 0 unspecified atom stereocenters. The van der Waals surface area contributed by atoms with Crippen LogP contribution < -0.4 is 11.1 Å². The Kier molecular flexibility index (Phi) is 6.87. The molecule has 1 saturated heterocycles. The molecule has 9 nitrogen and oxygen atoms in total. The third-order valence-electron chi connectivity index (χ3n) is 8.30. The highest BCUT2D eigenvalue weighted by Gasteiger charge is 2.24. The van der Waals surface area contributed by atoms with Gasteiger partial charge in [0.1, 0.15) is 5.65 Å². The van der Waals surface area contributed by atoms with Gasteiger partial charge in [-0.25, -0.2) is 4.98 Å². The maximum absolute atomic E-state index is 13.1. The molecule has 0 bridgehead atoms. The van der Waals surface area contributed by atoms with Crippen molar-refractivity contribution < 1.29 is 14.3 Å². The minimum atomic E-state index is -0.158. The molecular formula is C34H32N6O3. The summed E-state index contributed by atoms with van der Waals surface area (Å²) in [6, 6.07) is 23.2. The van der Waals surface area contributed by atoms with Gasteiger partial charge >= 0.3 is 0 Å². The number of H-pyrrole nitrogens is 1. The first-order valence-corrected chi connectivity index (χ1v) is 14.6. The fourth-order valence-corrected chi connectivity index (χ4v) is 5.67. The lowest BCUT2D eigenvalue weighted by Gasteiger charge is -2.26. The molecule has 2 aliphatic rings. The predicted molar refractivity (Wildman–Crippen MR) is 167 cm³/mol. The van der Waals surface area contributed by atoms with Crippen LogP contribution >= 0.6 is 0 Å². The number of fused-ring (bicyclic) bond motifs is 1. The highest BCUT2D eigenvalue weighted by atomic mass is 16.5. The van der Waals surface area contributed by atoms with Gasteiger partial charge in [-0.15, -0.1) is 0 Å². The minimum absolute atomic E-state index is 0.00476. The Labute approximate surface area is 249 Å². The molecule has 216 valence electrons. The Balaban J connectivity index is 1.17. The van der Waals surface area contributed by atoms with Crippen LogP contribution in [0.4, 0.5) is 11.6 Å². The first-order chi connectivity index (χ1) is 20.9. The number of nitrogen functional groups attached to an aromatic ring is 1. The number of hydrogen-bond acceptors (Lipinski definition) is 6. The summed E-state index contributed by atoms with van der Waals surface area (Å²) in [5.41, 5.74) is 14.2. The summed E-state index contributed by atoms with van der Waals surface area (Å²) in [6.07, 6.45) is 2.45. The largest absolute Gasteiger partial charge is 0.378 e. The van der Waals surface area contributed by atoms with Crippen LogP contribution in [0.25, 0.3) is 33.5 Å². The third kappa shape index (κ3) is 5.35. The number of carbonyl (C=O) groups excluding carboxylic acids is 2. The van der Waals surface area contributed by atoms with Gasteiger partial charge in [0, 0.05) is 46.5 Å². The number of anilines is 2. The molecule has 2 amide bonds. The summed E-state index contributed by atoms with van der Waals surface area (Å²) < 4.78 is 5.37. The molecule has 3 aromatic carbocycles. The van der Waals surface area contributed by atoms with Crippen LogP contribution in [-0.4, -0.2) is 58.0 Å². The van der Waals surface area contributed by atoms with Gasteiger partial charge in [-0.1, -0.05) is 36.4 Å². The number of rotatable bonds is 6. The van der Waals surface area contributed by atoms with Gasteiger partial charge in [-0.05, 0) is 78.8 Å². The molecule has 1 aliphatic heterocycles. The number of nitrogens with zero attached hydrogens (tertiary/aromatic N) is 3. The SMILES string of the molecule is Cc1c(NC(=O)c2ccc(C3CC3)cc2)cccc1-c1nc(N)nc2[nH]c(-c3ccc(C(=O)N4CCOCC4)cc3)cc12. The van der Waals surface area contributed by atoms with Gasteiger partial charge in [0.05, 0.1) is 18.9 Å². The summed E-state index contributed by atoms with van der Waals surface area (Å²) in [6.45, 7) is 4.29. The number of benzene rings is 3. The number of aromatic amines is 1. The summed E-state index contributed by atoms with van der Waals surface area (Å²) in [5.74, 6) is 0.637. The number of morpholine rings is 1. The van der Waals surface area contributed by atoms with Gasteiger partial charge in [-0.3, -0.25) is 9.59 Å². The third-order valence-corrected chi connectivity index (χ3v) is 8.30. The molecule has 5 aromatic rings. The first-order valence-electron chi connectivity index (χ1n) is 14.6. The molecule has 1 saturated carbocycles. The van der Waals surface area contributed by atoms with Gasteiger partial charge in [0.2, 0.25) is 5.95 Å². The number of nitrogens with one attached hydrogen (secondary N) is 2. The molecular weight excluding hydrogens is 540 g/mol. The minimum Gasteiger partial charge on any atom is -0.378 e. The average Bonchev–Trinajstić information content (AvgIpc) is 3.81. The maximum atomic E-state index is 13.1. The lowest BCUT2D eigenvalue weighted by molar-refractivity contribution is 0.0303. The van der Waals surface area contributed by atoms with E-state index in [0.29, 0.717) is 60.4 Å². The van der Waals surface area contributed by atoms with Gasteiger partial charge < -0.3 is 25.7 Å². The van der Waals surface area contributed by atoms with Crippen LogP contribution in [0.15, 0.2) is 72.8 Å². The number of ether oxygens (including phenoxy) is 1. The van der Waals surface area contributed by atoms with E-state index in [1.54, 1.807) is 0 Å². The van der Waals surface area contributed by atoms with Crippen molar-refractivity contribution in [2.45, 2.75) is 25.7 Å². The van der Waals surface area contributed by atoms with Crippen molar-refractivity contribution in [3.8, 4) is 22.5 Å². The van der Waals surface area contributed by atoms with Crippen LogP contribution in [0.2, 0.25) is 0 Å². The van der Waals surface area contributed by atoms with Crippen LogP contribution in [0.3, 0.4) is 0 Å². The second-order valence-corrected chi connectivity index (χ2v) is 11.2. The second kappa shape index (κ2) is 11.0. The normalized spacial score (nSPS) is 15.0. The van der Waals surface area contributed by atoms with E-state index in [0.717, 1.165) is 27.8 Å². The van der Waals surface area contributed by atoms with Crippen molar-refractivity contribution in [1.82, 2.24) is 19.9 Å². The Hall–Kier alpha value is -5.02. The molecule has 9 heteroatoms. The zero-order valence-corrected chi connectivity index (χ0v) is 23.9. The first kappa shape index (κ1) is 26.9. The van der Waals surface area contributed by atoms with Gasteiger partial charge in [0.25, 0.3) is 11.8 Å². The fourth-order valence-electron chi connectivity index (χ4n) is 5.67. The zero-order valence-electron chi connectivity index (χ0n) is 23.9. The standard InChI is InChI=1S/C34H32N6O3/c1-20-26(3-2-4-28(20)37-32(41)24-11-7-22(8-12-24)21-5-6-21)30-27-19-29(36-31(27)39-34(35)38-30)23-9-13-25(14-10-23)33(42)40-15-17-43-18-16-40/h2-4,7-14,19,21H,5-6,15-18H2,1H3,(H,37,41)(H3,35,36,38,39). The molecule has 0 radical (unpaired) electrons. The Morgan fingerprint density at radius 3 is 2.40 bits per heavy atom. The number of aromatic nitrogens is 3. The lowest BCUT2D eigenvalue weighted by Crippen LogP contribution is -2.40. The molecule has 43 heavy (non-hydrogen) atoms. The van der Waals surface area contributed by atoms with E-state index >= 15 is 0 Å². The van der Waals surface area contributed by atoms with E-state index < -0.39 is 0 Å². The number of carbonyl (C=O) groups is 2. The highest BCUT2D eigenvalue weighted by molar-refractivity contribution is 6.05.